The summed E-state index contributed by atoms with van der Waals surface area (Å²) in [4.78, 5) is 17.2. The maximum atomic E-state index is 12.5. The first-order chi connectivity index (χ1) is 12.3. The van der Waals surface area contributed by atoms with Crippen molar-refractivity contribution in [2.45, 2.75) is 64.9 Å². The highest BCUT2D eigenvalue weighted by molar-refractivity contribution is 6.05. The summed E-state index contributed by atoms with van der Waals surface area (Å²) in [6.45, 7) is 6.14. The lowest BCUT2D eigenvalue weighted by Crippen LogP contribution is -2.30. The lowest BCUT2D eigenvalue weighted by molar-refractivity contribution is -0.160. The third-order valence-corrected chi connectivity index (χ3v) is 5.08. The van der Waals surface area contributed by atoms with Gasteiger partial charge in [0.25, 0.3) is 0 Å². The van der Waals surface area contributed by atoms with Gasteiger partial charge in [-0.1, -0.05) is 12.8 Å². The van der Waals surface area contributed by atoms with Crippen LogP contribution in [-0.2, 0) is 9.53 Å². The lowest BCUT2D eigenvalue weighted by Gasteiger charge is -2.29. The quantitative estimate of drug-likeness (QED) is 0.630. The topological polar surface area (TPSA) is 73.9 Å². The van der Waals surface area contributed by atoms with Gasteiger partial charge in [-0.05, 0) is 64.7 Å². The van der Waals surface area contributed by atoms with E-state index < -0.39 is 5.60 Å². The Morgan fingerprint density at radius 2 is 1.96 bits per heavy atom. The van der Waals surface area contributed by atoms with Gasteiger partial charge in [0, 0.05) is 17.2 Å². The number of nitrogens with two attached hydrogens (primary N) is 1. The van der Waals surface area contributed by atoms with Gasteiger partial charge in [-0.25, -0.2) is 4.99 Å². The zero-order valence-corrected chi connectivity index (χ0v) is 16.1. The predicted octanol–water partition coefficient (Wildman–Crippen LogP) is 4.34. The first kappa shape index (κ1) is 18.7. The van der Waals surface area contributed by atoms with Gasteiger partial charge < -0.3 is 15.2 Å². The van der Waals surface area contributed by atoms with E-state index in [1.807, 2.05) is 39.0 Å². The number of benzene rings is 1. The van der Waals surface area contributed by atoms with E-state index in [-0.39, 0.29) is 11.9 Å². The normalized spacial score (nSPS) is 23.7. The predicted molar refractivity (Wildman–Crippen MR) is 103 cm³/mol. The molecule has 2 atom stereocenters. The second-order valence-corrected chi connectivity index (χ2v) is 8.36. The number of hydrogen-bond acceptors (Lipinski definition) is 5. The van der Waals surface area contributed by atoms with E-state index in [0.717, 1.165) is 61.2 Å². The summed E-state index contributed by atoms with van der Waals surface area (Å²) >= 11 is 0. The summed E-state index contributed by atoms with van der Waals surface area (Å²) < 4.78 is 11.3. The van der Waals surface area contributed by atoms with Gasteiger partial charge in [-0.15, -0.1) is 0 Å². The number of fused-ring (bicyclic) bond motifs is 1. The van der Waals surface area contributed by atoms with Crippen LogP contribution < -0.4 is 10.5 Å². The highest BCUT2D eigenvalue weighted by Crippen LogP contribution is 2.34. The van der Waals surface area contributed by atoms with Crippen molar-refractivity contribution in [2.24, 2.45) is 16.8 Å². The molecule has 1 saturated carbocycles. The summed E-state index contributed by atoms with van der Waals surface area (Å²) in [6, 6.07) is 5.74. The van der Waals surface area contributed by atoms with Crippen molar-refractivity contribution in [3.63, 3.8) is 0 Å². The van der Waals surface area contributed by atoms with Gasteiger partial charge >= 0.3 is 5.97 Å². The number of carbonyl (C=O) groups excluding carboxylic acids is 1. The smallest absolute Gasteiger partial charge is 0.309 e. The van der Waals surface area contributed by atoms with Crippen molar-refractivity contribution in [3.8, 4) is 5.75 Å². The number of aliphatic imine (C=N–C) groups is 1. The number of nitrogens with zero attached hydrogens (tertiary/aromatic N) is 1. The summed E-state index contributed by atoms with van der Waals surface area (Å²) in [5, 5.41) is 0. The van der Waals surface area contributed by atoms with Gasteiger partial charge in [0.05, 0.1) is 11.6 Å². The van der Waals surface area contributed by atoms with Crippen LogP contribution in [0.25, 0.3) is 0 Å². The maximum Gasteiger partial charge on any atom is 0.309 e. The standard InChI is InChI=1S/C21H30N2O3/c1-21(2,3)26-20(24)15-7-5-4-6-14(8-9-15)19-17-12-16(22)10-11-18(17)25-13-23-19/h10-12,14-15H,4-9,13,22H2,1-3H3. The van der Waals surface area contributed by atoms with E-state index in [1.165, 1.54) is 0 Å². The van der Waals surface area contributed by atoms with Crippen LogP contribution in [0, 0.1) is 11.8 Å². The van der Waals surface area contributed by atoms with Gasteiger partial charge in [0.15, 0.2) is 6.73 Å². The summed E-state index contributed by atoms with van der Waals surface area (Å²) in [5.41, 5.74) is 8.37. The van der Waals surface area contributed by atoms with Crippen LogP contribution >= 0.6 is 0 Å². The highest BCUT2D eigenvalue weighted by atomic mass is 16.6. The number of esters is 1. The molecule has 0 bridgehead atoms. The van der Waals surface area contributed by atoms with E-state index in [9.17, 15) is 4.79 Å². The van der Waals surface area contributed by atoms with Crippen LogP contribution in [0.5, 0.6) is 5.75 Å². The molecule has 1 aliphatic carbocycles. The maximum absolute atomic E-state index is 12.5. The van der Waals surface area contributed by atoms with E-state index in [4.69, 9.17) is 15.2 Å². The number of carbonyl (C=O) groups is 1. The summed E-state index contributed by atoms with van der Waals surface area (Å²) in [6.07, 6.45) is 5.94. The van der Waals surface area contributed by atoms with Gasteiger partial charge in [-0.2, -0.15) is 0 Å². The highest BCUT2D eigenvalue weighted by Gasteiger charge is 2.30. The molecule has 2 N–H and O–H groups in total. The molecule has 0 saturated heterocycles. The summed E-state index contributed by atoms with van der Waals surface area (Å²) in [5.74, 6) is 1.12. The van der Waals surface area contributed by atoms with Crippen molar-refractivity contribution in [1.29, 1.82) is 0 Å². The first-order valence-electron chi connectivity index (χ1n) is 9.63. The third kappa shape index (κ3) is 4.57. The number of ether oxygens (including phenoxy) is 2. The Hall–Kier alpha value is -2.04. The largest absolute Gasteiger partial charge is 0.471 e. The van der Waals surface area contributed by atoms with Gasteiger partial charge in [0.1, 0.15) is 11.4 Å². The van der Waals surface area contributed by atoms with Crippen LogP contribution in [0.15, 0.2) is 23.2 Å². The van der Waals surface area contributed by atoms with Crippen molar-refractivity contribution in [1.82, 2.24) is 0 Å². The second kappa shape index (κ2) is 7.68. The molecule has 1 heterocycles. The molecule has 2 aliphatic rings. The fourth-order valence-corrected chi connectivity index (χ4v) is 3.85. The van der Waals surface area contributed by atoms with Crippen molar-refractivity contribution in [3.05, 3.63) is 23.8 Å². The van der Waals surface area contributed by atoms with Crippen molar-refractivity contribution >= 4 is 17.4 Å². The Labute approximate surface area is 156 Å². The molecule has 3 rings (SSSR count). The number of nitrogen functional groups attached to an aromatic ring is 1. The summed E-state index contributed by atoms with van der Waals surface area (Å²) in [7, 11) is 0. The molecule has 1 aliphatic heterocycles. The van der Waals surface area contributed by atoms with E-state index in [1.54, 1.807) is 0 Å². The third-order valence-electron chi connectivity index (χ3n) is 5.08. The Bertz CT molecular complexity index is 691. The fourth-order valence-electron chi connectivity index (χ4n) is 3.85. The Kier molecular flexibility index (Phi) is 5.54. The van der Waals surface area contributed by atoms with Crippen LogP contribution in [0.1, 0.15) is 64.9 Å². The average Bonchev–Trinajstić information content (AvgIpc) is 2.53. The number of rotatable bonds is 2. The van der Waals surface area contributed by atoms with E-state index >= 15 is 0 Å². The zero-order chi connectivity index (χ0) is 18.7. The van der Waals surface area contributed by atoms with E-state index in [0.29, 0.717) is 12.6 Å². The second-order valence-electron chi connectivity index (χ2n) is 8.36. The average molecular weight is 358 g/mol. The van der Waals surface area contributed by atoms with E-state index in [2.05, 4.69) is 4.99 Å². The fraction of sp³-hybridized carbons (Fsp3) is 0.619. The molecule has 26 heavy (non-hydrogen) atoms. The lowest BCUT2D eigenvalue weighted by atomic mass is 9.81. The van der Waals surface area contributed by atoms with Crippen molar-refractivity contribution in [2.75, 3.05) is 12.5 Å². The van der Waals surface area contributed by atoms with Crippen LogP contribution in [-0.4, -0.2) is 24.0 Å². The first-order valence-corrected chi connectivity index (χ1v) is 9.63. The SMILES string of the molecule is CC(C)(C)OC(=O)C1CCCCC(C2=NCOc3ccc(N)cc32)CC1. The van der Waals surface area contributed by atoms with Crippen LogP contribution in [0.2, 0.25) is 0 Å². The Morgan fingerprint density at radius 3 is 2.73 bits per heavy atom. The van der Waals surface area contributed by atoms with Crippen molar-refractivity contribution < 1.29 is 14.3 Å². The molecule has 0 amide bonds. The monoisotopic (exact) mass is 358 g/mol. The minimum absolute atomic E-state index is 0.0159. The van der Waals surface area contributed by atoms with Crippen LogP contribution in [0.3, 0.4) is 0 Å². The zero-order valence-electron chi connectivity index (χ0n) is 16.1. The molecule has 0 aromatic heterocycles. The molecule has 142 valence electrons. The molecule has 0 radical (unpaired) electrons. The van der Waals surface area contributed by atoms with Gasteiger partial charge in [-0.3, -0.25) is 4.79 Å². The molecule has 0 spiro atoms. The molecule has 5 nitrogen and oxygen atoms in total. The number of hydrogen-bond donors (Lipinski definition) is 1. The Balaban J connectivity index is 1.73. The van der Waals surface area contributed by atoms with Gasteiger partial charge in [0.2, 0.25) is 0 Å². The molecule has 2 unspecified atom stereocenters. The van der Waals surface area contributed by atoms with Crippen LogP contribution in [0.4, 0.5) is 5.69 Å². The molecular weight excluding hydrogens is 328 g/mol. The molecule has 1 aromatic carbocycles. The minimum atomic E-state index is -0.430. The minimum Gasteiger partial charge on any atom is -0.471 e. The molecule has 1 fully saturated rings. The molecule has 1 aromatic rings. The number of anilines is 1. The molecule has 5 heteroatoms. The molecular formula is C21H30N2O3. The Morgan fingerprint density at radius 1 is 1.19 bits per heavy atom.